The number of carbonyl (C=O) groups is 3. The van der Waals surface area contributed by atoms with Crippen LogP contribution in [-0.4, -0.2) is 33.2 Å². The smallest absolute Gasteiger partial charge is 0.300 e. The maximum absolute atomic E-state index is 9.00. The third kappa shape index (κ3) is 142. The monoisotopic (exact) mass is 273 g/mol. The van der Waals surface area contributed by atoms with Crippen molar-refractivity contribution in [2.45, 2.75) is 20.8 Å². The van der Waals surface area contributed by atoms with Gasteiger partial charge >= 0.3 is 0 Å². The molecule has 7 nitrogen and oxygen atoms in total. The molecule has 108 valence electrons. The van der Waals surface area contributed by atoms with Crippen LogP contribution in [0.4, 0.5) is 0 Å². The van der Waals surface area contributed by atoms with E-state index >= 15 is 0 Å². The topological polar surface area (TPSA) is 124 Å². The van der Waals surface area contributed by atoms with Gasteiger partial charge in [0.2, 0.25) is 0 Å². The van der Waals surface area contributed by atoms with Gasteiger partial charge < -0.3 is 20.6 Å². The van der Waals surface area contributed by atoms with E-state index < -0.39 is 17.9 Å². The summed E-state index contributed by atoms with van der Waals surface area (Å²) in [5.41, 5.74) is 0. The van der Waals surface area contributed by atoms with Gasteiger partial charge in [0, 0.05) is 33.2 Å². The lowest BCUT2D eigenvalue weighted by Crippen LogP contribution is -1.87. The highest BCUT2D eigenvalue weighted by atomic mass is 16.4. The van der Waals surface area contributed by atoms with E-state index in [2.05, 4.69) is 5.32 Å². The van der Waals surface area contributed by atoms with Gasteiger partial charge in [0.05, 0.1) is 0 Å². The van der Waals surface area contributed by atoms with Crippen molar-refractivity contribution in [2.75, 3.05) is 0 Å². The Labute approximate surface area is 111 Å². The molecule has 19 heavy (non-hydrogen) atoms. The summed E-state index contributed by atoms with van der Waals surface area (Å²) in [6.07, 6.45) is 11.6. The van der Waals surface area contributed by atoms with Crippen molar-refractivity contribution < 1.29 is 29.7 Å². The highest BCUT2D eigenvalue weighted by Crippen LogP contribution is 1.81. The number of hydrogen-bond acceptors (Lipinski definition) is 4. The molecule has 4 N–H and O–H groups in total. The Kier molecular flexibility index (Phi) is 20.3. The number of carboxylic acids is 3. The van der Waals surface area contributed by atoms with Crippen molar-refractivity contribution in [1.82, 2.24) is 5.32 Å². The summed E-state index contributed by atoms with van der Waals surface area (Å²) < 4.78 is 0. The Morgan fingerprint density at radius 1 is 0.684 bits per heavy atom. The van der Waals surface area contributed by atoms with Crippen LogP contribution in [0.1, 0.15) is 20.8 Å². The average Bonchev–Trinajstić information content (AvgIpc) is 2.45. The molecule has 1 aliphatic heterocycles. The lowest BCUT2D eigenvalue weighted by molar-refractivity contribution is -0.135. The predicted octanol–water partition coefficient (Wildman–Crippen LogP) is 1.45. The second-order valence-electron chi connectivity index (χ2n) is 2.83. The lowest BCUT2D eigenvalue weighted by Gasteiger charge is -1.79. The zero-order valence-corrected chi connectivity index (χ0v) is 11.0. The van der Waals surface area contributed by atoms with Crippen LogP contribution < -0.4 is 5.32 Å². The first-order valence-electron chi connectivity index (χ1n) is 5.03. The maximum Gasteiger partial charge on any atom is 0.300 e. The van der Waals surface area contributed by atoms with Gasteiger partial charge in [0.15, 0.2) is 0 Å². The molecule has 1 heterocycles. The van der Waals surface area contributed by atoms with Gasteiger partial charge in [-0.25, -0.2) is 0 Å². The summed E-state index contributed by atoms with van der Waals surface area (Å²) >= 11 is 0. The molecule has 0 saturated heterocycles. The summed E-state index contributed by atoms with van der Waals surface area (Å²) in [5.74, 6) is -2.50. The van der Waals surface area contributed by atoms with Crippen molar-refractivity contribution in [3.05, 3.63) is 36.7 Å². The molecule has 0 aromatic carbocycles. The number of aliphatic carboxylic acids is 3. The van der Waals surface area contributed by atoms with Crippen molar-refractivity contribution in [3.8, 4) is 0 Å². The molecule has 1 rings (SSSR count). The molecule has 0 aliphatic carbocycles. The first kappa shape index (κ1) is 21.7. The highest BCUT2D eigenvalue weighted by Gasteiger charge is 1.67. The van der Waals surface area contributed by atoms with Gasteiger partial charge in [-0.2, -0.15) is 0 Å². The van der Waals surface area contributed by atoms with Crippen LogP contribution >= 0.6 is 0 Å². The van der Waals surface area contributed by atoms with Crippen LogP contribution in [0, 0.1) is 0 Å². The van der Waals surface area contributed by atoms with E-state index in [1.54, 1.807) is 0 Å². The Hall–Kier alpha value is -2.57. The normalized spacial score (nSPS) is 9.84. The molecule has 0 bridgehead atoms. The fourth-order valence-corrected chi connectivity index (χ4v) is 0.406. The zero-order chi connectivity index (χ0) is 15.7. The van der Waals surface area contributed by atoms with E-state index in [1.807, 2.05) is 36.7 Å². The van der Waals surface area contributed by atoms with E-state index in [9.17, 15) is 0 Å². The fraction of sp³-hybridized carbons (Fsp3) is 0.250. The Morgan fingerprint density at radius 3 is 1.11 bits per heavy atom. The van der Waals surface area contributed by atoms with E-state index in [1.165, 1.54) is 0 Å². The minimum absolute atomic E-state index is 0.833. The first-order chi connectivity index (χ1) is 8.70. The van der Waals surface area contributed by atoms with Crippen LogP contribution in [0.2, 0.25) is 0 Å². The third-order valence-corrected chi connectivity index (χ3v) is 0.718. The summed E-state index contributed by atoms with van der Waals surface area (Å²) in [5, 5.41) is 25.2. The first-order valence-corrected chi connectivity index (χ1v) is 5.03. The Morgan fingerprint density at radius 2 is 0.895 bits per heavy atom. The third-order valence-electron chi connectivity index (χ3n) is 0.718. The summed E-state index contributed by atoms with van der Waals surface area (Å²) in [6.45, 7) is 3.25. The van der Waals surface area contributed by atoms with Crippen molar-refractivity contribution >= 4 is 17.9 Å². The molecule has 0 unspecified atom stereocenters. The number of hydrogen-bond donors (Lipinski definition) is 4. The van der Waals surface area contributed by atoms with E-state index in [0.29, 0.717) is 0 Å². The van der Waals surface area contributed by atoms with Crippen LogP contribution in [0.3, 0.4) is 0 Å². The van der Waals surface area contributed by atoms with Crippen molar-refractivity contribution in [1.29, 1.82) is 0 Å². The van der Waals surface area contributed by atoms with Gasteiger partial charge in [-0.3, -0.25) is 14.4 Å². The van der Waals surface area contributed by atoms with Gasteiger partial charge in [-0.15, -0.1) is 0 Å². The molecule has 7 heteroatoms. The van der Waals surface area contributed by atoms with Crippen molar-refractivity contribution in [3.63, 3.8) is 0 Å². The van der Waals surface area contributed by atoms with E-state index in [4.69, 9.17) is 29.7 Å². The molecular formula is C12H19NO6. The van der Waals surface area contributed by atoms with Crippen molar-refractivity contribution in [2.24, 2.45) is 0 Å². The molecule has 0 saturated carbocycles. The van der Waals surface area contributed by atoms with Crippen LogP contribution in [0.5, 0.6) is 0 Å². The van der Waals surface area contributed by atoms with Crippen LogP contribution in [0.15, 0.2) is 36.7 Å². The highest BCUT2D eigenvalue weighted by molar-refractivity contribution is 5.63. The summed E-state index contributed by atoms with van der Waals surface area (Å²) in [4.78, 5) is 27.0. The zero-order valence-electron chi connectivity index (χ0n) is 11.0. The number of nitrogens with one attached hydrogen (secondary N) is 1. The molecule has 0 amide bonds. The molecule has 0 atom stereocenters. The molecule has 0 fully saturated rings. The largest absolute Gasteiger partial charge is 0.481 e. The SMILES string of the molecule is C1=CC=CNC=C1.CC(=O)O.CC(=O)O.CC(=O)O. The summed E-state index contributed by atoms with van der Waals surface area (Å²) in [6, 6.07) is 0. The van der Waals surface area contributed by atoms with E-state index in [0.717, 1.165) is 20.8 Å². The molecule has 0 spiro atoms. The Bertz CT molecular complexity index is 290. The minimum atomic E-state index is -0.833. The number of allylic oxidation sites excluding steroid dienone is 4. The van der Waals surface area contributed by atoms with Gasteiger partial charge in [0.25, 0.3) is 17.9 Å². The fourth-order valence-electron chi connectivity index (χ4n) is 0.406. The van der Waals surface area contributed by atoms with Gasteiger partial charge in [-0.05, 0) is 12.2 Å². The van der Waals surface area contributed by atoms with Crippen LogP contribution in [-0.2, 0) is 14.4 Å². The van der Waals surface area contributed by atoms with Gasteiger partial charge in [0.1, 0.15) is 0 Å². The molecular weight excluding hydrogens is 254 g/mol. The average molecular weight is 273 g/mol. The number of rotatable bonds is 0. The molecule has 0 aromatic heterocycles. The van der Waals surface area contributed by atoms with Crippen LogP contribution in [0.25, 0.3) is 0 Å². The second-order valence-corrected chi connectivity index (χ2v) is 2.83. The number of carboxylic acid groups (broad SMARTS) is 3. The molecule has 0 aromatic rings. The lowest BCUT2D eigenvalue weighted by atomic mass is 10.5. The molecule has 0 radical (unpaired) electrons. The minimum Gasteiger partial charge on any atom is -0.481 e. The van der Waals surface area contributed by atoms with Gasteiger partial charge in [-0.1, -0.05) is 12.2 Å². The quantitative estimate of drug-likeness (QED) is 0.526. The second kappa shape index (κ2) is 17.8. The molecule has 1 aliphatic rings. The predicted molar refractivity (Wildman–Crippen MR) is 70.5 cm³/mol. The standard InChI is InChI=1S/C6H7N.3C2H4O2/c1-2-4-6-7-5-3-1;3*1-2(3)4/h1-7H;3*1H3,(H,3,4). The maximum atomic E-state index is 9.00. The van der Waals surface area contributed by atoms with E-state index in [-0.39, 0.29) is 0 Å². The summed E-state index contributed by atoms with van der Waals surface area (Å²) in [7, 11) is 0. The Balaban J connectivity index is -0.000000189.